The topological polar surface area (TPSA) is 40.5 Å². The van der Waals surface area contributed by atoms with E-state index in [9.17, 15) is 10.2 Å². The summed E-state index contributed by atoms with van der Waals surface area (Å²) in [6.45, 7) is 16.3. The molecule has 2 N–H and O–H groups in total. The second-order valence-corrected chi connectivity index (χ2v) is 13.2. The van der Waals surface area contributed by atoms with E-state index in [-0.39, 0.29) is 10.8 Å². The second-order valence-electron chi connectivity index (χ2n) is 13.2. The molecule has 2 nitrogen and oxygen atoms in total. The fraction of sp³-hybridized carbons (Fsp3) is 0.862. The van der Waals surface area contributed by atoms with Gasteiger partial charge in [-0.25, -0.2) is 0 Å². The Morgan fingerprint density at radius 1 is 1.10 bits per heavy atom. The summed E-state index contributed by atoms with van der Waals surface area (Å²) in [4.78, 5) is 0. The summed E-state index contributed by atoms with van der Waals surface area (Å²) in [7, 11) is 0. The molecule has 0 bridgehead atoms. The van der Waals surface area contributed by atoms with Gasteiger partial charge in [-0.3, -0.25) is 0 Å². The molecule has 4 rings (SSSR count). The molecule has 2 heteroatoms. The van der Waals surface area contributed by atoms with E-state index in [4.69, 9.17) is 0 Å². The molecule has 0 aromatic rings. The number of aliphatic hydroxyl groups excluding tert-OH is 2. The SMILES string of the molecule is CC(C)=CCC[C@@H](C)[C@H]1CC[C@H]2[C@@H]3CC=C4C(C)(C)[C@@H](O)[C@@H](O)C[C@]4(C)[C@H]3CC[C@]12C. The lowest BCUT2D eigenvalue weighted by Crippen LogP contribution is -2.58. The van der Waals surface area contributed by atoms with E-state index in [1.807, 2.05) is 0 Å². The zero-order valence-corrected chi connectivity index (χ0v) is 21.2. The van der Waals surface area contributed by atoms with Crippen molar-refractivity contribution < 1.29 is 10.2 Å². The maximum atomic E-state index is 10.8. The van der Waals surface area contributed by atoms with Gasteiger partial charge in [0.25, 0.3) is 0 Å². The van der Waals surface area contributed by atoms with Crippen molar-refractivity contribution in [2.45, 2.75) is 112 Å². The first-order valence-electron chi connectivity index (χ1n) is 13.1. The van der Waals surface area contributed by atoms with Crippen LogP contribution in [0.4, 0.5) is 0 Å². The molecule has 3 saturated carbocycles. The predicted molar refractivity (Wildman–Crippen MR) is 130 cm³/mol. The van der Waals surface area contributed by atoms with Crippen LogP contribution in [0.25, 0.3) is 0 Å². The average Bonchev–Trinajstić information content (AvgIpc) is 3.03. The second kappa shape index (κ2) is 8.01. The Balaban J connectivity index is 1.58. The van der Waals surface area contributed by atoms with Gasteiger partial charge in [-0.1, -0.05) is 57.9 Å². The van der Waals surface area contributed by atoms with E-state index >= 15 is 0 Å². The van der Waals surface area contributed by atoms with Gasteiger partial charge in [0.15, 0.2) is 0 Å². The number of allylic oxidation sites excluding steroid dienone is 3. The third-order valence-electron chi connectivity index (χ3n) is 10.8. The van der Waals surface area contributed by atoms with Crippen molar-refractivity contribution in [3.05, 3.63) is 23.3 Å². The Bertz CT molecular complexity index is 744. The van der Waals surface area contributed by atoms with Crippen molar-refractivity contribution in [1.29, 1.82) is 0 Å². The van der Waals surface area contributed by atoms with Crippen molar-refractivity contribution in [2.75, 3.05) is 0 Å². The lowest BCUT2D eigenvalue weighted by molar-refractivity contribution is -0.126. The number of fused-ring (bicyclic) bond motifs is 5. The van der Waals surface area contributed by atoms with Crippen molar-refractivity contribution >= 4 is 0 Å². The third kappa shape index (κ3) is 3.59. The molecule has 0 unspecified atom stereocenters. The van der Waals surface area contributed by atoms with Crippen molar-refractivity contribution in [3.8, 4) is 0 Å². The quantitative estimate of drug-likeness (QED) is 0.477. The maximum Gasteiger partial charge on any atom is 0.0887 e. The molecule has 0 radical (unpaired) electrons. The largest absolute Gasteiger partial charge is 0.390 e. The Labute approximate surface area is 191 Å². The summed E-state index contributed by atoms with van der Waals surface area (Å²) >= 11 is 0. The first-order chi connectivity index (χ1) is 14.4. The Morgan fingerprint density at radius 3 is 2.48 bits per heavy atom. The molecule has 3 fully saturated rings. The predicted octanol–water partition coefficient (Wildman–Crippen LogP) is 6.92. The molecule has 4 aliphatic carbocycles. The van der Waals surface area contributed by atoms with Crippen LogP contribution in [0, 0.1) is 45.8 Å². The molecule has 0 spiro atoms. The molecule has 4 aliphatic rings. The normalized spacial score (nSPS) is 46.9. The van der Waals surface area contributed by atoms with Crippen molar-refractivity contribution in [2.24, 2.45) is 45.8 Å². The lowest BCUT2D eigenvalue weighted by atomic mass is 9.44. The highest BCUT2D eigenvalue weighted by molar-refractivity contribution is 5.32. The van der Waals surface area contributed by atoms with E-state index in [1.54, 1.807) is 0 Å². The van der Waals surface area contributed by atoms with Crippen LogP contribution < -0.4 is 0 Å². The van der Waals surface area contributed by atoms with Gasteiger partial charge in [-0.15, -0.1) is 0 Å². The molecular weight excluding hydrogens is 380 g/mol. The fourth-order valence-corrected chi connectivity index (χ4v) is 9.35. The minimum Gasteiger partial charge on any atom is -0.390 e. The molecule has 0 aromatic carbocycles. The van der Waals surface area contributed by atoms with E-state index in [2.05, 4.69) is 60.6 Å². The summed E-state index contributed by atoms with van der Waals surface area (Å²) in [5, 5.41) is 21.6. The standard InChI is InChI=1S/C29H48O2/c1-18(2)9-8-10-19(3)21-12-13-22-20-11-14-25-27(4,5)26(31)24(30)17-29(25,7)23(20)15-16-28(21,22)6/h9,14,19-24,26,30-31H,8,10-13,15-17H2,1-7H3/t19-,20+,21-,22+,23+,24+,26+,28-,29-/m1/s1. The Kier molecular flexibility index (Phi) is 6.09. The number of hydrogen-bond donors (Lipinski definition) is 2. The first-order valence-corrected chi connectivity index (χ1v) is 13.1. The minimum absolute atomic E-state index is 0.0412. The van der Waals surface area contributed by atoms with E-state index in [0.717, 1.165) is 30.1 Å². The van der Waals surface area contributed by atoms with Crippen LogP contribution in [0.1, 0.15) is 99.8 Å². The van der Waals surface area contributed by atoms with Crippen LogP contribution in [0.15, 0.2) is 23.3 Å². The zero-order valence-electron chi connectivity index (χ0n) is 21.2. The van der Waals surface area contributed by atoms with Crippen molar-refractivity contribution in [1.82, 2.24) is 0 Å². The van der Waals surface area contributed by atoms with E-state index < -0.39 is 12.2 Å². The molecule has 176 valence electrons. The van der Waals surface area contributed by atoms with Crippen LogP contribution in [-0.4, -0.2) is 22.4 Å². The molecule has 0 aliphatic heterocycles. The smallest absolute Gasteiger partial charge is 0.0887 e. The number of hydrogen-bond acceptors (Lipinski definition) is 2. The highest BCUT2D eigenvalue weighted by Gasteiger charge is 2.62. The van der Waals surface area contributed by atoms with Gasteiger partial charge < -0.3 is 10.2 Å². The van der Waals surface area contributed by atoms with Gasteiger partial charge in [0.2, 0.25) is 0 Å². The molecule has 31 heavy (non-hydrogen) atoms. The highest BCUT2D eigenvalue weighted by atomic mass is 16.3. The zero-order chi connectivity index (χ0) is 22.8. The van der Waals surface area contributed by atoms with Crippen LogP contribution >= 0.6 is 0 Å². The molecule has 0 saturated heterocycles. The number of aliphatic hydroxyl groups is 2. The monoisotopic (exact) mass is 428 g/mol. The van der Waals surface area contributed by atoms with Crippen LogP contribution in [-0.2, 0) is 0 Å². The maximum absolute atomic E-state index is 10.8. The lowest BCUT2D eigenvalue weighted by Gasteiger charge is -2.62. The van der Waals surface area contributed by atoms with E-state index in [0.29, 0.717) is 11.3 Å². The van der Waals surface area contributed by atoms with Crippen LogP contribution in [0.3, 0.4) is 0 Å². The number of rotatable bonds is 4. The third-order valence-corrected chi connectivity index (χ3v) is 10.8. The van der Waals surface area contributed by atoms with Gasteiger partial charge in [-0.2, -0.15) is 0 Å². The fourth-order valence-electron chi connectivity index (χ4n) is 9.35. The van der Waals surface area contributed by atoms with Gasteiger partial charge >= 0.3 is 0 Å². The van der Waals surface area contributed by atoms with Gasteiger partial charge in [0.05, 0.1) is 12.2 Å². The minimum atomic E-state index is -0.644. The summed E-state index contributed by atoms with van der Waals surface area (Å²) in [6, 6.07) is 0. The summed E-state index contributed by atoms with van der Waals surface area (Å²) in [5.74, 6) is 3.90. The van der Waals surface area contributed by atoms with Crippen LogP contribution in [0.2, 0.25) is 0 Å². The average molecular weight is 429 g/mol. The van der Waals surface area contributed by atoms with Crippen LogP contribution in [0.5, 0.6) is 0 Å². The molecular formula is C29H48O2. The summed E-state index contributed by atoms with van der Waals surface area (Å²) < 4.78 is 0. The Hall–Kier alpha value is -0.600. The summed E-state index contributed by atoms with van der Waals surface area (Å²) in [6.07, 6.45) is 13.6. The molecule has 0 heterocycles. The van der Waals surface area contributed by atoms with Gasteiger partial charge in [0.1, 0.15) is 0 Å². The highest BCUT2D eigenvalue weighted by Crippen LogP contribution is 2.68. The Morgan fingerprint density at radius 2 is 1.81 bits per heavy atom. The van der Waals surface area contributed by atoms with E-state index in [1.165, 1.54) is 56.1 Å². The van der Waals surface area contributed by atoms with Gasteiger partial charge in [0, 0.05) is 5.41 Å². The first kappa shape index (κ1) is 23.6. The van der Waals surface area contributed by atoms with Gasteiger partial charge in [-0.05, 0) is 106 Å². The van der Waals surface area contributed by atoms with Crippen molar-refractivity contribution in [3.63, 3.8) is 0 Å². The molecule has 9 atom stereocenters. The molecule has 0 aromatic heterocycles. The summed E-state index contributed by atoms with van der Waals surface area (Å²) in [5.41, 5.74) is 3.08. The molecule has 0 amide bonds.